The van der Waals surface area contributed by atoms with Crippen LogP contribution < -0.4 is 0 Å². The summed E-state index contributed by atoms with van der Waals surface area (Å²) in [6.07, 6.45) is 4.46. The topological polar surface area (TPSA) is 23.8 Å². The van der Waals surface area contributed by atoms with E-state index in [1.165, 1.54) is 6.08 Å². The molecule has 1 nitrogen and oxygen atoms in total. The third-order valence-corrected chi connectivity index (χ3v) is 0.258. The Bertz CT molecular complexity index is 105. The van der Waals surface area contributed by atoms with Crippen LogP contribution in [0.3, 0.4) is 0 Å². The van der Waals surface area contributed by atoms with Crippen LogP contribution in [0.25, 0.3) is 0 Å². The standard InChI is InChI=1S/C4H6.C3H3N.FH/c1-3-4-2;1-2-3-4;/h3-4H,1-2H2;2H,1H2;1H. The zero-order chi connectivity index (χ0) is 6.83. The lowest BCUT2D eigenvalue weighted by Gasteiger charge is -1.44. The number of hydrogen-bond donors (Lipinski definition) is 0. The lowest BCUT2D eigenvalue weighted by atomic mass is 10.6. The van der Waals surface area contributed by atoms with Crippen LogP contribution in [0.1, 0.15) is 0 Å². The summed E-state index contributed by atoms with van der Waals surface area (Å²) in [6.45, 7) is 9.84. The second-order valence-electron chi connectivity index (χ2n) is 0.805. The SMILES string of the molecule is C=CC#N.C=CC=C.F. The molecule has 0 saturated heterocycles. The first kappa shape index (κ1) is 15.6. The van der Waals surface area contributed by atoms with E-state index in [4.69, 9.17) is 5.26 Å². The molecule has 0 atom stereocenters. The van der Waals surface area contributed by atoms with E-state index in [1.54, 1.807) is 18.2 Å². The van der Waals surface area contributed by atoms with Gasteiger partial charge in [-0.2, -0.15) is 5.26 Å². The first-order valence-corrected chi connectivity index (χ1v) is 2.07. The van der Waals surface area contributed by atoms with Gasteiger partial charge in [0.2, 0.25) is 0 Å². The van der Waals surface area contributed by atoms with Crippen molar-refractivity contribution in [3.63, 3.8) is 0 Å². The highest BCUT2D eigenvalue weighted by Crippen LogP contribution is 1.52. The second-order valence-corrected chi connectivity index (χ2v) is 0.805. The van der Waals surface area contributed by atoms with Crippen LogP contribution in [0.15, 0.2) is 38.0 Å². The number of rotatable bonds is 1. The van der Waals surface area contributed by atoms with Crippen LogP contribution in [0.2, 0.25) is 0 Å². The molecule has 0 unspecified atom stereocenters. The molecule has 0 aliphatic rings. The quantitative estimate of drug-likeness (QED) is 0.391. The highest BCUT2D eigenvalue weighted by atomic mass is 19.0. The van der Waals surface area contributed by atoms with Crippen molar-refractivity contribution >= 4 is 0 Å². The molecule has 2 heteroatoms. The Labute approximate surface area is 55.0 Å². The summed E-state index contributed by atoms with van der Waals surface area (Å²) >= 11 is 0. The Morgan fingerprint density at radius 1 is 1.11 bits per heavy atom. The van der Waals surface area contributed by atoms with E-state index in [1.807, 2.05) is 0 Å². The fourth-order valence-electron chi connectivity index (χ4n) is 0. The van der Waals surface area contributed by atoms with Crippen molar-refractivity contribution in [2.24, 2.45) is 0 Å². The number of halogens is 1. The first-order valence-electron chi connectivity index (χ1n) is 2.07. The fraction of sp³-hybridized carbons (Fsp3) is 0. The zero-order valence-electron chi connectivity index (χ0n) is 5.21. The van der Waals surface area contributed by atoms with Crippen LogP contribution in [-0.4, -0.2) is 0 Å². The molecule has 0 aromatic carbocycles. The number of nitriles is 1. The van der Waals surface area contributed by atoms with Gasteiger partial charge in [0.15, 0.2) is 0 Å². The van der Waals surface area contributed by atoms with E-state index < -0.39 is 0 Å². The molecule has 0 aliphatic heterocycles. The van der Waals surface area contributed by atoms with E-state index in [-0.39, 0.29) is 4.70 Å². The summed E-state index contributed by atoms with van der Waals surface area (Å²) < 4.78 is 0. The molecule has 0 aromatic heterocycles. The third kappa shape index (κ3) is 349. The van der Waals surface area contributed by atoms with E-state index in [9.17, 15) is 0 Å². The lowest BCUT2D eigenvalue weighted by molar-refractivity contribution is 1.11. The van der Waals surface area contributed by atoms with E-state index in [0.717, 1.165) is 0 Å². The minimum absolute atomic E-state index is 0. The van der Waals surface area contributed by atoms with E-state index >= 15 is 0 Å². The molecule has 0 spiro atoms. The monoisotopic (exact) mass is 127 g/mol. The Kier molecular flexibility index (Phi) is 52.7. The average Bonchev–Trinajstić information content (AvgIpc) is 1.88. The zero-order valence-corrected chi connectivity index (χ0v) is 5.21. The normalized spacial score (nSPS) is 3.89. The molecule has 50 valence electrons. The van der Waals surface area contributed by atoms with Crippen molar-refractivity contribution < 1.29 is 4.70 Å². The van der Waals surface area contributed by atoms with Crippen molar-refractivity contribution in [2.45, 2.75) is 0 Å². The second kappa shape index (κ2) is 30.3. The number of nitrogens with zero attached hydrogens (tertiary/aromatic N) is 1. The molecule has 0 amide bonds. The highest BCUT2D eigenvalue weighted by Gasteiger charge is 1.34. The van der Waals surface area contributed by atoms with Gasteiger partial charge >= 0.3 is 0 Å². The van der Waals surface area contributed by atoms with Crippen molar-refractivity contribution in [3.8, 4) is 6.07 Å². The van der Waals surface area contributed by atoms with Gasteiger partial charge in [0.1, 0.15) is 0 Å². The van der Waals surface area contributed by atoms with Gasteiger partial charge in [0.25, 0.3) is 0 Å². The van der Waals surface area contributed by atoms with Gasteiger partial charge < -0.3 is 0 Å². The van der Waals surface area contributed by atoms with Crippen LogP contribution >= 0.6 is 0 Å². The first-order chi connectivity index (χ1) is 3.83. The maximum absolute atomic E-state index is 7.51. The van der Waals surface area contributed by atoms with Crippen LogP contribution in [0.4, 0.5) is 4.70 Å². The van der Waals surface area contributed by atoms with Gasteiger partial charge in [-0.3, -0.25) is 4.70 Å². The summed E-state index contributed by atoms with van der Waals surface area (Å²) in [5.41, 5.74) is 0. The van der Waals surface area contributed by atoms with Crippen LogP contribution in [-0.2, 0) is 0 Å². The van der Waals surface area contributed by atoms with Crippen molar-refractivity contribution in [1.82, 2.24) is 0 Å². The lowest BCUT2D eigenvalue weighted by Crippen LogP contribution is -1.23. The number of hydrogen-bond acceptors (Lipinski definition) is 1. The van der Waals surface area contributed by atoms with Crippen LogP contribution in [0.5, 0.6) is 0 Å². The predicted octanol–water partition coefficient (Wildman–Crippen LogP) is 2.21. The van der Waals surface area contributed by atoms with Crippen molar-refractivity contribution in [1.29, 1.82) is 5.26 Å². The molecule has 0 rings (SSSR count). The molecule has 0 bridgehead atoms. The molecule has 9 heavy (non-hydrogen) atoms. The van der Waals surface area contributed by atoms with Gasteiger partial charge in [0, 0.05) is 6.08 Å². The molecule has 0 aliphatic carbocycles. The van der Waals surface area contributed by atoms with Gasteiger partial charge in [0.05, 0.1) is 6.07 Å². The summed E-state index contributed by atoms with van der Waals surface area (Å²) in [4.78, 5) is 0. The summed E-state index contributed by atoms with van der Waals surface area (Å²) in [7, 11) is 0. The highest BCUT2D eigenvalue weighted by molar-refractivity contribution is 4.93. The fourth-order valence-corrected chi connectivity index (χ4v) is 0. The average molecular weight is 127 g/mol. The Balaban J connectivity index is -0.0000000720. The maximum atomic E-state index is 7.51. The van der Waals surface area contributed by atoms with E-state index in [2.05, 4.69) is 19.7 Å². The molecule has 0 aromatic rings. The largest absolute Gasteiger partial charge is 0.269 e. The smallest absolute Gasteiger partial charge is 0.0905 e. The number of allylic oxidation sites excluding steroid dienone is 3. The summed E-state index contributed by atoms with van der Waals surface area (Å²) in [5.74, 6) is 0. The Morgan fingerprint density at radius 2 is 1.33 bits per heavy atom. The van der Waals surface area contributed by atoms with Crippen molar-refractivity contribution in [2.75, 3.05) is 0 Å². The minimum Gasteiger partial charge on any atom is -0.269 e. The molecule has 0 fully saturated rings. The van der Waals surface area contributed by atoms with Crippen molar-refractivity contribution in [3.05, 3.63) is 38.0 Å². The maximum Gasteiger partial charge on any atom is 0.0905 e. The molecule has 0 N–H and O–H groups in total. The minimum atomic E-state index is 0. The predicted molar refractivity (Wildman–Crippen MR) is 38.7 cm³/mol. The summed E-state index contributed by atoms with van der Waals surface area (Å²) in [5, 5.41) is 7.51. The van der Waals surface area contributed by atoms with Crippen LogP contribution in [0, 0.1) is 11.3 Å². The molecular weight excluding hydrogens is 117 g/mol. The Morgan fingerprint density at radius 3 is 1.33 bits per heavy atom. The Hall–Kier alpha value is -1.36. The van der Waals surface area contributed by atoms with Gasteiger partial charge in [-0.15, -0.1) is 0 Å². The van der Waals surface area contributed by atoms with Gasteiger partial charge in [-0.1, -0.05) is 31.9 Å². The summed E-state index contributed by atoms with van der Waals surface area (Å²) in [6, 6.07) is 1.69. The van der Waals surface area contributed by atoms with E-state index in [0.29, 0.717) is 0 Å². The molecule has 0 saturated carbocycles. The molecule has 0 heterocycles. The molecular formula is C7H10FN. The van der Waals surface area contributed by atoms with Gasteiger partial charge in [-0.25, -0.2) is 0 Å². The molecule has 0 radical (unpaired) electrons. The van der Waals surface area contributed by atoms with Gasteiger partial charge in [-0.05, 0) is 0 Å². The third-order valence-electron chi connectivity index (χ3n) is 0.258.